The second kappa shape index (κ2) is 5.83. The molecule has 1 aliphatic rings. The van der Waals surface area contributed by atoms with E-state index < -0.39 is 6.10 Å². The first kappa shape index (κ1) is 12.8. The van der Waals surface area contributed by atoms with Gasteiger partial charge in [-0.3, -0.25) is 4.79 Å². The van der Waals surface area contributed by atoms with Crippen LogP contribution in [0.1, 0.15) is 5.56 Å². The van der Waals surface area contributed by atoms with Crippen LogP contribution in [0.2, 0.25) is 10.0 Å². The van der Waals surface area contributed by atoms with Crippen LogP contribution in [-0.4, -0.2) is 31.7 Å². The number of hydrogen-bond donors (Lipinski definition) is 0. The molecule has 0 radical (unpaired) electrons. The fourth-order valence-electron chi connectivity index (χ4n) is 1.65. The second-order valence-electron chi connectivity index (χ2n) is 3.81. The lowest BCUT2D eigenvalue weighted by atomic mass is 10.1. The summed E-state index contributed by atoms with van der Waals surface area (Å²) in [4.78, 5) is 11.9. The van der Waals surface area contributed by atoms with Crippen LogP contribution in [0, 0.1) is 0 Å². The van der Waals surface area contributed by atoms with Gasteiger partial charge in [-0.1, -0.05) is 23.2 Å². The molecule has 1 aromatic carbocycles. The molecule has 0 aromatic heterocycles. The van der Waals surface area contributed by atoms with Crippen LogP contribution >= 0.6 is 23.2 Å². The van der Waals surface area contributed by atoms with Crippen molar-refractivity contribution < 1.29 is 14.3 Å². The molecule has 1 atom stereocenters. The molecule has 1 saturated heterocycles. The summed E-state index contributed by atoms with van der Waals surface area (Å²) in [5.41, 5.74) is 0.721. The van der Waals surface area contributed by atoms with Gasteiger partial charge in [0.05, 0.1) is 19.8 Å². The lowest BCUT2D eigenvalue weighted by molar-refractivity contribution is -0.144. The number of benzene rings is 1. The number of rotatable bonds is 3. The molecule has 0 amide bonds. The van der Waals surface area contributed by atoms with Crippen LogP contribution in [-0.2, 0) is 20.7 Å². The van der Waals surface area contributed by atoms with E-state index in [0.29, 0.717) is 29.9 Å². The van der Waals surface area contributed by atoms with Gasteiger partial charge in [-0.2, -0.15) is 0 Å². The number of hydrogen-bond acceptors (Lipinski definition) is 3. The molecule has 92 valence electrons. The highest BCUT2D eigenvalue weighted by atomic mass is 35.5. The first-order valence-corrected chi connectivity index (χ1v) is 6.08. The van der Waals surface area contributed by atoms with Crippen LogP contribution in [0.15, 0.2) is 18.2 Å². The minimum atomic E-state index is -0.487. The fraction of sp³-hybridized carbons (Fsp3) is 0.417. The third-order valence-corrected chi connectivity index (χ3v) is 3.15. The lowest BCUT2D eigenvalue weighted by Crippen LogP contribution is -2.36. The van der Waals surface area contributed by atoms with Gasteiger partial charge >= 0.3 is 0 Å². The monoisotopic (exact) mass is 274 g/mol. The van der Waals surface area contributed by atoms with Gasteiger partial charge in [-0.25, -0.2) is 0 Å². The van der Waals surface area contributed by atoms with E-state index in [1.807, 2.05) is 0 Å². The van der Waals surface area contributed by atoms with Crippen molar-refractivity contribution >= 4 is 29.0 Å². The average Bonchev–Trinajstić information content (AvgIpc) is 2.35. The van der Waals surface area contributed by atoms with E-state index in [1.54, 1.807) is 18.2 Å². The highest BCUT2D eigenvalue weighted by molar-refractivity contribution is 6.33. The van der Waals surface area contributed by atoms with Crippen LogP contribution < -0.4 is 0 Å². The molecule has 0 saturated carbocycles. The SMILES string of the molecule is O=C(Cc1cc(Cl)ccc1Cl)C1COCCO1. The summed E-state index contributed by atoms with van der Waals surface area (Å²) < 4.78 is 10.5. The van der Waals surface area contributed by atoms with Gasteiger partial charge in [-0.15, -0.1) is 0 Å². The Morgan fingerprint density at radius 2 is 2.18 bits per heavy atom. The smallest absolute Gasteiger partial charge is 0.168 e. The second-order valence-corrected chi connectivity index (χ2v) is 4.66. The maximum absolute atomic E-state index is 11.9. The fourth-order valence-corrected chi connectivity index (χ4v) is 2.03. The minimum absolute atomic E-state index is 0.0335. The summed E-state index contributed by atoms with van der Waals surface area (Å²) in [5.74, 6) is -0.0335. The van der Waals surface area contributed by atoms with Crippen molar-refractivity contribution in [3.63, 3.8) is 0 Å². The van der Waals surface area contributed by atoms with Crippen LogP contribution in [0.4, 0.5) is 0 Å². The van der Waals surface area contributed by atoms with E-state index in [4.69, 9.17) is 32.7 Å². The molecule has 0 bridgehead atoms. The number of carbonyl (C=O) groups excluding carboxylic acids is 1. The van der Waals surface area contributed by atoms with E-state index >= 15 is 0 Å². The number of ketones is 1. The highest BCUT2D eigenvalue weighted by Crippen LogP contribution is 2.22. The highest BCUT2D eigenvalue weighted by Gasteiger charge is 2.23. The lowest BCUT2D eigenvalue weighted by Gasteiger charge is -2.21. The summed E-state index contributed by atoms with van der Waals surface area (Å²) in [5, 5.41) is 1.11. The molecular formula is C12H12Cl2O3. The Balaban J connectivity index is 2.04. The predicted molar refractivity (Wildman–Crippen MR) is 65.7 cm³/mol. The van der Waals surface area contributed by atoms with E-state index in [9.17, 15) is 4.79 Å². The van der Waals surface area contributed by atoms with Crippen molar-refractivity contribution in [3.05, 3.63) is 33.8 Å². The molecule has 5 heteroatoms. The van der Waals surface area contributed by atoms with Gasteiger partial charge in [0.2, 0.25) is 0 Å². The molecule has 0 N–H and O–H groups in total. The van der Waals surface area contributed by atoms with Gasteiger partial charge in [0.25, 0.3) is 0 Å². The van der Waals surface area contributed by atoms with Crippen LogP contribution in [0.3, 0.4) is 0 Å². The largest absolute Gasteiger partial charge is 0.376 e. The summed E-state index contributed by atoms with van der Waals surface area (Å²) in [6.45, 7) is 1.32. The Hall–Kier alpha value is -0.610. The van der Waals surface area contributed by atoms with E-state index in [-0.39, 0.29) is 12.2 Å². The average molecular weight is 275 g/mol. The van der Waals surface area contributed by atoms with Crippen LogP contribution in [0.25, 0.3) is 0 Å². The normalized spacial score (nSPS) is 20.2. The number of ether oxygens (including phenoxy) is 2. The Kier molecular flexibility index (Phi) is 4.40. The number of halogens is 2. The number of Topliss-reactive ketones (excluding diaryl/α,β-unsaturated/α-hetero) is 1. The van der Waals surface area contributed by atoms with Gasteiger partial charge in [-0.05, 0) is 23.8 Å². The summed E-state index contributed by atoms with van der Waals surface area (Å²) in [6, 6.07) is 5.08. The topological polar surface area (TPSA) is 35.5 Å². The Morgan fingerprint density at radius 3 is 2.88 bits per heavy atom. The molecule has 0 aliphatic carbocycles. The molecule has 3 nitrogen and oxygen atoms in total. The van der Waals surface area contributed by atoms with Crippen LogP contribution in [0.5, 0.6) is 0 Å². The zero-order valence-electron chi connectivity index (χ0n) is 9.12. The van der Waals surface area contributed by atoms with Gasteiger partial charge in [0, 0.05) is 16.5 Å². The van der Waals surface area contributed by atoms with Gasteiger partial charge in [0.1, 0.15) is 6.10 Å². The van der Waals surface area contributed by atoms with Gasteiger partial charge in [0.15, 0.2) is 5.78 Å². The third-order valence-electron chi connectivity index (χ3n) is 2.55. The molecular weight excluding hydrogens is 263 g/mol. The maximum atomic E-state index is 11.9. The van der Waals surface area contributed by atoms with E-state index in [2.05, 4.69) is 0 Å². The quantitative estimate of drug-likeness (QED) is 0.850. The first-order valence-electron chi connectivity index (χ1n) is 5.33. The molecule has 2 rings (SSSR count). The Bertz CT molecular complexity index is 414. The van der Waals surface area contributed by atoms with Crippen molar-refractivity contribution in [1.82, 2.24) is 0 Å². The van der Waals surface area contributed by atoms with Gasteiger partial charge < -0.3 is 9.47 Å². The van der Waals surface area contributed by atoms with Crippen molar-refractivity contribution in [2.24, 2.45) is 0 Å². The van der Waals surface area contributed by atoms with Crippen molar-refractivity contribution in [1.29, 1.82) is 0 Å². The molecule has 1 heterocycles. The summed E-state index contributed by atoms with van der Waals surface area (Å²) >= 11 is 11.9. The Labute approximate surface area is 110 Å². The molecule has 1 aromatic rings. The zero-order valence-corrected chi connectivity index (χ0v) is 10.6. The van der Waals surface area contributed by atoms with Crippen molar-refractivity contribution in [2.75, 3.05) is 19.8 Å². The maximum Gasteiger partial charge on any atom is 0.168 e. The minimum Gasteiger partial charge on any atom is -0.376 e. The molecule has 1 unspecified atom stereocenters. The molecule has 0 spiro atoms. The molecule has 1 fully saturated rings. The summed E-state index contributed by atoms with van der Waals surface area (Å²) in [6.07, 6.45) is -0.272. The summed E-state index contributed by atoms with van der Waals surface area (Å²) in [7, 11) is 0. The number of carbonyl (C=O) groups is 1. The van der Waals surface area contributed by atoms with E-state index in [0.717, 1.165) is 5.56 Å². The molecule has 1 aliphatic heterocycles. The predicted octanol–water partition coefficient (Wildman–Crippen LogP) is 2.52. The zero-order chi connectivity index (χ0) is 12.3. The third kappa shape index (κ3) is 3.42. The van der Waals surface area contributed by atoms with Crippen molar-refractivity contribution in [3.8, 4) is 0 Å². The first-order chi connectivity index (χ1) is 8.16. The van der Waals surface area contributed by atoms with E-state index in [1.165, 1.54) is 0 Å². The molecule has 17 heavy (non-hydrogen) atoms. The standard InChI is InChI=1S/C12H12Cl2O3/c13-9-1-2-10(14)8(5-9)6-11(15)12-7-16-3-4-17-12/h1-2,5,12H,3-4,6-7H2. The van der Waals surface area contributed by atoms with Crippen molar-refractivity contribution in [2.45, 2.75) is 12.5 Å². The Morgan fingerprint density at radius 1 is 1.35 bits per heavy atom.